The van der Waals surface area contributed by atoms with E-state index < -0.39 is 10.0 Å². The third-order valence-electron chi connectivity index (χ3n) is 2.52. The van der Waals surface area contributed by atoms with E-state index in [2.05, 4.69) is 20.7 Å². The van der Waals surface area contributed by atoms with E-state index in [4.69, 9.17) is 0 Å². The summed E-state index contributed by atoms with van der Waals surface area (Å²) in [6, 6.07) is 7.94. The number of halogens is 1. The van der Waals surface area contributed by atoms with Crippen LogP contribution in [0.4, 0.5) is 0 Å². The van der Waals surface area contributed by atoms with Gasteiger partial charge in [-0.05, 0) is 30.0 Å². The lowest BCUT2D eigenvalue weighted by atomic mass is 10.0. The molecular weight excluding hydrogens is 302 g/mol. The summed E-state index contributed by atoms with van der Waals surface area (Å²) < 4.78 is 26.7. The summed E-state index contributed by atoms with van der Waals surface area (Å²) in [7, 11) is -3.10. The monoisotopic (exact) mass is 319 g/mol. The summed E-state index contributed by atoms with van der Waals surface area (Å²) in [5.74, 6) is 0.370. The smallest absolute Gasteiger partial charge is 0.211 e. The first-order chi connectivity index (χ1) is 7.94. The van der Waals surface area contributed by atoms with E-state index in [1.165, 1.54) is 0 Å². The van der Waals surface area contributed by atoms with Crippen LogP contribution in [0, 0.1) is 0 Å². The maximum absolute atomic E-state index is 11.5. The molecule has 1 atom stereocenters. The molecule has 1 rings (SSSR count). The van der Waals surface area contributed by atoms with Gasteiger partial charge in [0.15, 0.2) is 0 Å². The second-order valence-electron chi connectivity index (χ2n) is 4.12. The van der Waals surface area contributed by atoms with Gasteiger partial charge in [0.1, 0.15) is 0 Å². The molecule has 1 aromatic carbocycles. The predicted molar refractivity (Wildman–Crippen MR) is 74.6 cm³/mol. The molecule has 0 spiro atoms. The molecule has 0 saturated heterocycles. The highest BCUT2D eigenvalue weighted by atomic mass is 79.9. The molecule has 0 heterocycles. The number of hydrogen-bond donors (Lipinski definition) is 1. The third-order valence-corrected chi connectivity index (χ3v) is 4.60. The van der Waals surface area contributed by atoms with Crippen LogP contribution in [0.15, 0.2) is 28.7 Å². The van der Waals surface area contributed by atoms with E-state index in [1.807, 2.05) is 38.1 Å². The highest BCUT2D eigenvalue weighted by Crippen LogP contribution is 2.17. The minimum absolute atomic E-state index is 0.176. The number of sulfonamides is 1. The molecule has 0 aliphatic heterocycles. The molecule has 1 aromatic rings. The Bertz CT molecular complexity index is 442. The standard InChI is InChI=1S/C12H18BrNO2S/c1-3-8-17(15,16)14-9-10(2)11-4-6-12(13)7-5-11/h4-7,10,14H,3,8-9H2,1-2H3/t10-/m0/s1. The van der Waals surface area contributed by atoms with E-state index in [9.17, 15) is 8.42 Å². The Balaban J connectivity index is 2.55. The van der Waals surface area contributed by atoms with Gasteiger partial charge in [0.25, 0.3) is 0 Å². The average Bonchev–Trinajstić information content (AvgIpc) is 2.27. The first-order valence-corrected chi connectivity index (χ1v) is 8.12. The van der Waals surface area contributed by atoms with Crippen molar-refractivity contribution < 1.29 is 8.42 Å². The van der Waals surface area contributed by atoms with Gasteiger partial charge in [-0.3, -0.25) is 0 Å². The fourth-order valence-electron chi connectivity index (χ4n) is 1.50. The Morgan fingerprint density at radius 1 is 1.29 bits per heavy atom. The lowest BCUT2D eigenvalue weighted by Crippen LogP contribution is -2.29. The molecule has 0 aromatic heterocycles. The maximum atomic E-state index is 11.5. The van der Waals surface area contributed by atoms with Crippen LogP contribution >= 0.6 is 15.9 Å². The highest BCUT2D eigenvalue weighted by Gasteiger charge is 2.11. The minimum Gasteiger partial charge on any atom is -0.215 e. The lowest BCUT2D eigenvalue weighted by Gasteiger charge is -2.13. The molecule has 3 nitrogen and oxygen atoms in total. The second-order valence-corrected chi connectivity index (χ2v) is 6.96. The van der Waals surface area contributed by atoms with Gasteiger partial charge in [-0.2, -0.15) is 0 Å². The topological polar surface area (TPSA) is 46.2 Å². The van der Waals surface area contributed by atoms with E-state index in [1.54, 1.807) is 0 Å². The normalized spacial score (nSPS) is 13.6. The van der Waals surface area contributed by atoms with Gasteiger partial charge in [-0.15, -0.1) is 0 Å². The maximum Gasteiger partial charge on any atom is 0.211 e. The van der Waals surface area contributed by atoms with Gasteiger partial charge in [0.2, 0.25) is 10.0 Å². The van der Waals surface area contributed by atoms with Crippen LogP contribution in [0.3, 0.4) is 0 Å². The van der Waals surface area contributed by atoms with Crippen LogP contribution in [0.1, 0.15) is 31.7 Å². The molecule has 0 aliphatic carbocycles. The summed E-state index contributed by atoms with van der Waals surface area (Å²) in [6.45, 7) is 4.32. The van der Waals surface area contributed by atoms with Gasteiger partial charge in [0, 0.05) is 11.0 Å². The fraction of sp³-hybridized carbons (Fsp3) is 0.500. The van der Waals surface area contributed by atoms with Gasteiger partial charge in [0.05, 0.1) is 5.75 Å². The van der Waals surface area contributed by atoms with Crippen molar-refractivity contribution in [2.24, 2.45) is 0 Å². The van der Waals surface area contributed by atoms with Crippen molar-refractivity contribution in [2.45, 2.75) is 26.2 Å². The quantitative estimate of drug-likeness (QED) is 0.876. The molecule has 0 bridgehead atoms. The van der Waals surface area contributed by atoms with Crippen molar-refractivity contribution in [1.82, 2.24) is 4.72 Å². The highest BCUT2D eigenvalue weighted by molar-refractivity contribution is 9.10. The van der Waals surface area contributed by atoms with E-state index in [0.29, 0.717) is 13.0 Å². The fourth-order valence-corrected chi connectivity index (χ4v) is 2.95. The Hall–Kier alpha value is -0.390. The SMILES string of the molecule is CCCS(=O)(=O)NC[C@H](C)c1ccc(Br)cc1. The zero-order valence-corrected chi connectivity index (χ0v) is 12.5. The molecule has 0 amide bonds. The van der Waals surface area contributed by atoms with Crippen LogP contribution in [0.5, 0.6) is 0 Å². The zero-order chi connectivity index (χ0) is 12.9. The second kappa shape index (κ2) is 6.52. The number of nitrogens with one attached hydrogen (secondary N) is 1. The zero-order valence-electron chi connectivity index (χ0n) is 10.1. The van der Waals surface area contributed by atoms with E-state index in [0.717, 1.165) is 10.0 Å². The summed E-state index contributed by atoms with van der Waals surface area (Å²) in [6.07, 6.45) is 0.641. The van der Waals surface area contributed by atoms with Gasteiger partial charge >= 0.3 is 0 Å². The Morgan fingerprint density at radius 2 is 1.88 bits per heavy atom. The molecule has 0 fully saturated rings. The molecule has 96 valence electrons. The first kappa shape index (κ1) is 14.7. The van der Waals surface area contributed by atoms with Gasteiger partial charge in [-0.25, -0.2) is 13.1 Å². The Labute approximate surface area is 112 Å². The molecular formula is C12H18BrNO2S. The number of benzene rings is 1. The summed E-state index contributed by atoms with van der Waals surface area (Å²) in [5, 5.41) is 0. The van der Waals surface area contributed by atoms with Crippen LogP contribution in [0.2, 0.25) is 0 Å². The molecule has 5 heteroatoms. The molecule has 0 radical (unpaired) electrons. The molecule has 1 N–H and O–H groups in total. The van der Waals surface area contributed by atoms with Crippen molar-refractivity contribution >= 4 is 26.0 Å². The van der Waals surface area contributed by atoms with Crippen LogP contribution in [-0.4, -0.2) is 20.7 Å². The summed E-state index contributed by atoms with van der Waals surface area (Å²) in [5.41, 5.74) is 1.13. The number of rotatable bonds is 6. The van der Waals surface area contributed by atoms with Crippen molar-refractivity contribution in [3.63, 3.8) is 0 Å². The number of hydrogen-bond acceptors (Lipinski definition) is 2. The van der Waals surface area contributed by atoms with Gasteiger partial charge in [-0.1, -0.05) is 41.9 Å². The van der Waals surface area contributed by atoms with Crippen LogP contribution in [0.25, 0.3) is 0 Å². The molecule has 17 heavy (non-hydrogen) atoms. The van der Waals surface area contributed by atoms with E-state index in [-0.39, 0.29) is 11.7 Å². The summed E-state index contributed by atoms with van der Waals surface area (Å²) >= 11 is 3.37. The molecule has 0 unspecified atom stereocenters. The minimum atomic E-state index is -3.10. The Kier molecular flexibility index (Phi) is 5.62. The van der Waals surface area contributed by atoms with Crippen LogP contribution < -0.4 is 4.72 Å². The third kappa shape index (κ3) is 5.19. The van der Waals surface area contributed by atoms with Crippen molar-refractivity contribution in [3.05, 3.63) is 34.3 Å². The van der Waals surface area contributed by atoms with E-state index >= 15 is 0 Å². The van der Waals surface area contributed by atoms with Crippen molar-refractivity contribution in [2.75, 3.05) is 12.3 Å². The van der Waals surface area contributed by atoms with Crippen LogP contribution in [-0.2, 0) is 10.0 Å². The largest absolute Gasteiger partial charge is 0.215 e. The molecule has 0 aliphatic rings. The van der Waals surface area contributed by atoms with Crippen molar-refractivity contribution in [1.29, 1.82) is 0 Å². The van der Waals surface area contributed by atoms with Gasteiger partial charge < -0.3 is 0 Å². The first-order valence-electron chi connectivity index (χ1n) is 5.67. The van der Waals surface area contributed by atoms with Crippen molar-refractivity contribution in [3.8, 4) is 0 Å². The molecule has 0 saturated carbocycles. The lowest BCUT2D eigenvalue weighted by molar-refractivity contribution is 0.573. The summed E-state index contributed by atoms with van der Waals surface area (Å²) in [4.78, 5) is 0. The predicted octanol–water partition coefficient (Wildman–Crippen LogP) is 2.88. The Morgan fingerprint density at radius 3 is 2.41 bits per heavy atom. The average molecular weight is 320 g/mol.